The second-order valence-electron chi connectivity index (χ2n) is 5.33. The van der Waals surface area contributed by atoms with Gasteiger partial charge in [-0.3, -0.25) is 0 Å². The number of nitrogens with two attached hydrogens (primary N) is 1. The van der Waals surface area contributed by atoms with Crippen LogP contribution in [0.25, 0.3) is 0 Å². The van der Waals surface area contributed by atoms with Crippen LogP contribution in [0.3, 0.4) is 0 Å². The Morgan fingerprint density at radius 1 is 1.33 bits per heavy atom. The fourth-order valence-corrected chi connectivity index (χ4v) is 3.68. The second kappa shape index (κ2) is 5.31. The van der Waals surface area contributed by atoms with E-state index >= 15 is 0 Å². The van der Waals surface area contributed by atoms with Gasteiger partial charge >= 0.3 is 0 Å². The Morgan fingerprint density at radius 3 is 2.28 bits per heavy atom. The molecule has 0 amide bonds. The van der Waals surface area contributed by atoms with Crippen LogP contribution in [-0.2, 0) is 15.3 Å². The molecule has 1 aromatic rings. The molecule has 0 saturated carbocycles. The molecule has 0 unspecified atom stereocenters. The van der Waals surface area contributed by atoms with Crippen LogP contribution in [0, 0.1) is 0 Å². The van der Waals surface area contributed by atoms with Crippen molar-refractivity contribution in [2.24, 2.45) is 5.73 Å². The van der Waals surface area contributed by atoms with Crippen molar-refractivity contribution >= 4 is 25.8 Å². The SMILES string of the molecule is CC(C)S(=O)(=O)c1ccc(C(C)(C)CN)cc1Br. The number of sulfone groups is 1. The summed E-state index contributed by atoms with van der Waals surface area (Å²) in [6.07, 6.45) is 0. The van der Waals surface area contributed by atoms with Crippen molar-refractivity contribution in [3.63, 3.8) is 0 Å². The van der Waals surface area contributed by atoms with E-state index < -0.39 is 15.1 Å². The molecule has 0 aromatic heterocycles. The quantitative estimate of drug-likeness (QED) is 0.921. The van der Waals surface area contributed by atoms with Gasteiger partial charge in [-0.2, -0.15) is 0 Å². The van der Waals surface area contributed by atoms with Crippen LogP contribution < -0.4 is 5.73 Å². The molecule has 0 heterocycles. The molecule has 1 aromatic carbocycles. The van der Waals surface area contributed by atoms with Crippen LogP contribution in [0.2, 0.25) is 0 Å². The minimum atomic E-state index is -3.25. The van der Waals surface area contributed by atoms with Crippen LogP contribution in [0.1, 0.15) is 33.3 Å². The maximum Gasteiger partial charge on any atom is 0.181 e. The van der Waals surface area contributed by atoms with E-state index in [4.69, 9.17) is 5.73 Å². The molecule has 0 bridgehead atoms. The summed E-state index contributed by atoms with van der Waals surface area (Å²) in [5.74, 6) is 0. The Labute approximate surface area is 118 Å². The lowest BCUT2D eigenvalue weighted by Gasteiger charge is -2.24. The lowest BCUT2D eigenvalue weighted by atomic mass is 9.85. The largest absolute Gasteiger partial charge is 0.330 e. The minimum Gasteiger partial charge on any atom is -0.330 e. The van der Waals surface area contributed by atoms with Gasteiger partial charge in [0.25, 0.3) is 0 Å². The summed E-state index contributed by atoms with van der Waals surface area (Å²) in [6, 6.07) is 5.35. The van der Waals surface area contributed by atoms with E-state index in [1.165, 1.54) is 0 Å². The molecule has 0 fully saturated rings. The van der Waals surface area contributed by atoms with Gasteiger partial charge in [0.2, 0.25) is 0 Å². The predicted molar refractivity (Wildman–Crippen MR) is 78.5 cm³/mol. The Morgan fingerprint density at radius 2 is 1.89 bits per heavy atom. The molecule has 0 saturated heterocycles. The van der Waals surface area contributed by atoms with Crippen molar-refractivity contribution in [3.8, 4) is 0 Å². The molecule has 0 atom stereocenters. The number of hydrogen-bond acceptors (Lipinski definition) is 3. The molecule has 0 radical (unpaired) electrons. The van der Waals surface area contributed by atoms with Crippen LogP contribution >= 0.6 is 15.9 Å². The summed E-state index contributed by atoms with van der Waals surface area (Å²) < 4.78 is 24.9. The summed E-state index contributed by atoms with van der Waals surface area (Å²) in [5, 5.41) is -0.429. The average molecular weight is 334 g/mol. The summed E-state index contributed by atoms with van der Waals surface area (Å²) in [6.45, 7) is 7.94. The zero-order valence-corrected chi connectivity index (χ0v) is 13.6. The zero-order valence-electron chi connectivity index (χ0n) is 11.2. The van der Waals surface area contributed by atoms with E-state index in [0.717, 1.165) is 5.56 Å². The summed E-state index contributed by atoms with van der Waals surface area (Å²) in [4.78, 5) is 0.342. The molecule has 0 aliphatic rings. The molecular formula is C13H20BrNO2S. The highest BCUT2D eigenvalue weighted by atomic mass is 79.9. The van der Waals surface area contributed by atoms with E-state index in [-0.39, 0.29) is 5.41 Å². The van der Waals surface area contributed by atoms with E-state index in [1.807, 2.05) is 26.0 Å². The van der Waals surface area contributed by atoms with Gasteiger partial charge in [0.1, 0.15) is 0 Å². The van der Waals surface area contributed by atoms with Crippen LogP contribution in [0.4, 0.5) is 0 Å². The van der Waals surface area contributed by atoms with Crippen molar-refractivity contribution in [3.05, 3.63) is 28.2 Å². The van der Waals surface area contributed by atoms with Gasteiger partial charge in [-0.15, -0.1) is 0 Å². The van der Waals surface area contributed by atoms with E-state index in [2.05, 4.69) is 15.9 Å². The molecule has 5 heteroatoms. The van der Waals surface area contributed by atoms with Gasteiger partial charge in [0.05, 0.1) is 10.1 Å². The first-order chi connectivity index (χ1) is 8.13. The van der Waals surface area contributed by atoms with E-state index in [0.29, 0.717) is 15.9 Å². The second-order valence-corrected chi connectivity index (χ2v) is 8.65. The fourth-order valence-electron chi connectivity index (χ4n) is 1.52. The number of halogens is 1. The number of benzene rings is 1. The number of hydrogen-bond donors (Lipinski definition) is 1. The highest BCUT2D eigenvalue weighted by molar-refractivity contribution is 9.10. The minimum absolute atomic E-state index is 0.164. The zero-order chi connectivity index (χ0) is 14.1. The number of rotatable bonds is 4. The molecule has 0 aliphatic carbocycles. The molecule has 1 rings (SSSR count). The molecule has 2 N–H and O–H groups in total. The summed E-state index contributed by atoms with van der Waals surface area (Å²) >= 11 is 3.35. The van der Waals surface area contributed by atoms with Gasteiger partial charge < -0.3 is 5.73 Å². The lowest BCUT2D eigenvalue weighted by molar-refractivity contribution is 0.538. The van der Waals surface area contributed by atoms with Gasteiger partial charge in [-0.25, -0.2) is 8.42 Å². The third kappa shape index (κ3) is 2.95. The van der Waals surface area contributed by atoms with Crippen molar-refractivity contribution in [2.45, 2.75) is 43.3 Å². The highest BCUT2D eigenvalue weighted by Gasteiger charge is 2.25. The van der Waals surface area contributed by atoms with Gasteiger partial charge in [0.15, 0.2) is 9.84 Å². The van der Waals surface area contributed by atoms with E-state index in [9.17, 15) is 8.42 Å². The van der Waals surface area contributed by atoms with Crippen LogP contribution in [0.5, 0.6) is 0 Å². The summed E-state index contributed by atoms with van der Waals surface area (Å²) in [5.41, 5.74) is 6.59. The van der Waals surface area contributed by atoms with Crippen molar-refractivity contribution in [1.82, 2.24) is 0 Å². The Balaban J connectivity index is 3.33. The van der Waals surface area contributed by atoms with Crippen LogP contribution in [-0.4, -0.2) is 20.2 Å². The first-order valence-electron chi connectivity index (χ1n) is 5.87. The predicted octanol–water partition coefficient (Wildman–Crippen LogP) is 2.87. The molecule has 0 spiro atoms. The monoisotopic (exact) mass is 333 g/mol. The topological polar surface area (TPSA) is 60.2 Å². The van der Waals surface area contributed by atoms with Gasteiger partial charge in [-0.05, 0) is 47.5 Å². The highest BCUT2D eigenvalue weighted by Crippen LogP contribution is 2.31. The van der Waals surface area contributed by atoms with Crippen LogP contribution in [0.15, 0.2) is 27.6 Å². The normalized spacial score (nSPS) is 13.1. The fraction of sp³-hybridized carbons (Fsp3) is 0.538. The van der Waals surface area contributed by atoms with Gasteiger partial charge in [-0.1, -0.05) is 19.9 Å². The molecule has 3 nitrogen and oxygen atoms in total. The van der Waals surface area contributed by atoms with E-state index in [1.54, 1.807) is 19.9 Å². The third-order valence-corrected chi connectivity index (χ3v) is 6.28. The Kier molecular flexibility index (Phi) is 4.62. The average Bonchev–Trinajstić information content (AvgIpc) is 2.28. The first kappa shape index (κ1) is 15.7. The standard InChI is InChI=1S/C13H20BrNO2S/c1-9(2)18(16,17)12-6-5-10(7-11(12)14)13(3,4)8-15/h5-7,9H,8,15H2,1-4H3. The molecule has 0 aliphatic heterocycles. The Hall–Kier alpha value is -0.390. The summed E-state index contributed by atoms with van der Waals surface area (Å²) in [7, 11) is -3.25. The maximum absolute atomic E-state index is 12.1. The van der Waals surface area contributed by atoms with Gasteiger partial charge in [0, 0.05) is 16.4 Å². The maximum atomic E-state index is 12.1. The molecular weight excluding hydrogens is 314 g/mol. The Bertz CT molecular complexity index is 536. The third-order valence-electron chi connectivity index (χ3n) is 3.15. The molecule has 18 heavy (non-hydrogen) atoms. The van der Waals surface area contributed by atoms with Crippen molar-refractivity contribution in [2.75, 3.05) is 6.54 Å². The first-order valence-corrected chi connectivity index (χ1v) is 8.21. The van der Waals surface area contributed by atoms with Crippen molar-refractivity contribution < 1.29 is 8.42 Å². The lowest BCUT2D eigenvalue weighted by Crippen LogP contribution is -2.28. The van der Waals surface area contributed by atoms with Crippen molar-refractivity contribution in [1.29, 1.82) is 0 Å². The molecule has 102 valence electrons. The smallest absolute Gasteiger partial charge is 0.181 e.